The first-order chi connectivity index (χ1) is 14.7. The molecule has 1 aromatic heterocycles. The summed E-state index contributed by atoms with van der Waals surface area (Å²) in [6, 6.07) is 18.8. The van der Waals surface area contributed by atoms with E-state index in [9.17, 15) is 0 Å². The molecule has 0 saturated carbocycles. The molecule has 0 spiro atoms. The Balaban J connectivity index is 1.42. The first kappa shape index (κ1) is 18.2. The fraction of sp³-hybridized carbons (Fsp3) is 0.120. The number of fused-ring (bicyclic) bond motifs is 1. The molecule has 30 heavy (non-hydrogen) atoms. The van der Waals surface area contributed by atoms with E-state index in [1.165, 1.54) is 22.3 Å². The number of hydrogen-bond acceptors (Lipinski definition) is 4. The van der Waals surface area contributed by atoms with Crippen LogP contribution in [0.25, 0.3) is 33.9 Å². The average Bonchev–Trinajstić information content (AvgIpc) is 3.20. The van der Waals surface area contributed by atoms with Crippen LogP contribution in [0, 0.1) is 13.8 Å². The molecule has 0 atom stereocenters. The standard InChI is InChI=1S/C25H21N5/c1-17-4-5-21(14-18(17)2)19-6-8-20(9-7-19)25-28-22-10-13-30(15-23(22)29-25)16-24-26-11-3-12-27-24/h3-15H,16H2,1-2H3. The van der Waals surface area contributed by atoms with Crippen molar-refractivity contribution in [3.8, 4) is 33.9 Å². The van der Waals surface area contributed by atoms with Crippen LogP contribution in [0.3, 0.4) is 0 Å². The van der Waals surface area contributed by atoms with Crippen LogP contribution in [0.1, 0.15) is 17.0 Å². The van der Waals surface area contributed by atoms with Crippen LogP contribution in [-0.4, -0.2) is 24.5 Å². The van der Waals surface area contributed by atoms with Crippen LogP contribution in [0.4, 0.5) is 0 Å². The maximum Gasteiger partial charge on any atom is 0.160 e. The SMILES string of the molecule is Cc1ccc(-c2ccc(-c3nc4ccn(Cc5ncccn5)cc-4n3)cc2)cc1C. The average molecular weight is 391 g/mol. The lowest BCUT2D eigenvalue weighted by Gasteiger charge is -2.06. The highest BCUT2D eigenvalue weighted by Crippen LogP contribution is 2.28. The van der Waals surface area contributed by atoms with E-state index in [-0.39, 0.29) is 0 Å². The minimum Gasteiger partial charge on any atom is -0.344 e. The third kappa shape index (κ3) is 3.57. The predicted molar refractivity (Wildman–Crippen MR) is 118 cm³/mol. The van der Waals surface area contributed by atoms with Crippen molar-refractivity contribution >= 4 is 0 Å². The molecule has 2 aliphatic heterocycles. The first-order valence-electron chi connectivity index (χ1n) is 9.93. The topological polar surface area (TPSA) is 56.5 Å². The monoisotopic (exact) mass is 391 g/mol. The van der Waals surface area contributed by atoms with Gasteiger partial charge in [0.25, 0.3) is 0 Å². The molecule has 146 valence electrons. The number of imidazole rings is 1. The quantitative estimate of drug-likeness (QED) is 0.424. The summed E-state index contributed by atoms with van der Waals surface area (Å²) in [5.74, 6) is 1.51. The molecule has 0 radical (unpaired) electrons. The number of benzene rings is 2. The molecular weight excluding hydrogens is 370 g/mol. The number of pyridine rings is 1. The van der Waals surface area contributed by atoms with Gasteiger partial charge in [0.2, 0.25) is 0 Å². The number of nitrogens with zero attached hydrogens (tertiary/aromatic N) is 5. The van der Waals surface area contributed by atoms with Crippen molar-refractivity contribution in [2.24, 2.45) is 0 Å². The van der Waals surface area contributed by atoms with Crippen molar-refractivity contribution in [2.45, 2.75) is 20.4 Å². The van der Waals surface area contributed by atoms with E-state index in [0.29, 0.717) is 6.54 Å². The first-order valence-corrected chi connectivity index (χ1v) is 9.93. The molecule has 5 nitrogen and oxygen atoms in total. The Bertz CT molecular complexity index is 1270. The Hall–Kier alpha value is -3.86. The smallest absolute Gasteiger partial charge is 0.160 e. The van der Waals surface area contributed by atoms with Crippen molar-refractivity contribution < 1.29 is 0 Å². The third-order valence-electron chi connectivity index (χ3n) is 5.35. The Labute approximate surface area is 175 Å². The molecule has 3 heterocycles. The summed E-state index contributed by atoms with van der Waals surface area (Å²) in [6.45, 7) is 4.88. The van der Waals surface area contributed by atoms with Crippen molar-refractivity contribution in [3.05, 3.63) is 96.3 Å². The second-order valence-electron chi connectivity index (χ2n) is 7.48. The fourth-order valence-electron chi connectivity index (χ4n) is 3.49. The van der Waals surface area contributed by atoms with Gasteiger partial charge in [-0.05, 0) is 48.2 Å². The van der Waals surface area contributed by atoms with Crippen molar-refractivity contribution in [1.82, 2.24) is 24.5 Å². The van der Waals surface area contributed by atoms with Gasteiger partial charge in [-0.15, -0.1) is 0 Å². The maximum atomic E-state index is 4.74. The van der Waals surface area contributed by atoms with Crippen molar-refractivity contribution in [3.63, 3.8) is 0 Å². The molecule has 0 fully saturated rings. The minimum atomic E-state index is 0.601. The molecule has 2 aliphatic rings. The van der Waals surface area contributed by atoms with Gasteiger partial charge >= 0.3 is 0 Å². The molecule has 0 aliphatic carbocycles. The van der Waals surface area contributed by atoms with Gasteiger partial charge in [0.05, 0.1) is 12.2 Å². The van der Waals surface area contributed by atoms with Crippen molar-refractivity contribution in [1.29, 1.82) is 0 Å². The van der Waals surface area contributed by atoms with Gasteiger partial charge in [-0.1, -0.05) is 42.5 Å². The molecule has 0 amide bonds. The lowest BCUT2D eigenvalue weighted by Crippen LogP contribution is -2.04. The van der Waals surface area contributed by atoms with E-state index >= 15 is 0 Å². The van der Waals surface area contributed by atoms with Crippen LogP contribution < -0.4 is 0 Å². The van der Waals surface area contributed by atoms with Gasteiger partial charge in [-0.25, -0.2) is 19.9 Å². The molecule has 0 saturated heterocycles. The van der Waals surface area contributed by atoms with Crippen molar-refractivity contribution in [2.75, 3.05) is 0 Å². The Morgan fingerprint density at radius 3 is 2.20 bits per heavy atom. The van der Waals surface area contributed by atoms with Crippen LogP contribution >= 0.6 is 0 Å². The van der Waals surface area contributed by atoms with Gasteiger partial charge in [-0.3, -0.25) is 0 Å². The summed E-state index contributed by atoms with van der Waals surface area (Å²) < 4.78 is 2.03. The van der Waals surface area contributed by atoms with E-state index < -0.39 is 0 Å². The van der Waals surface area contributed by atoms with E-state index in [0.717, 1.165) is 28.6 Å². The molecule has 3 aromatic rings. The zero-order valence-corrected chi connectivity index (χ0v) is 16.9. The lowest BCUT2D eigenvalue weighted by atomic mass is 9.99. The van der Waals surface area contributed by atoms with Gasteiger partial charge in [0.15, 0.2) is 5.82 Å². The van der Waals surface area contributed by atoms with E-state index in [2.05, 4.69) is 66.3 Å². The van der Waals surface area contributed by atoms with Crippen LogP contribution in [0.5, 0.6) is 0 Å². The Morgan fingerprint density at radius 1 is 0.733 bits per heavy atom. The molecule has 0 unspecified atom stereocenters. The van der Waals surface area contributed by atoms with Crippen LogP contribution in [0.2, 0.25) is 0 Å². The summed E-state index contributed by atoms with van der Waals surface area (Å²) in [5, 5.41) is 0. The Morgan fingerprint density at radius 2 is 1.43 bits per heavy atom. The summed E-state index contributed by atoms with van der Waals surface area (Å²) in [4.78, 5) is 18.0. The lowest BCUT2D eigenvalue weighted by molar-refractivity contribution is 0.737. The molecule has 0 bridgehead atoms. The van der Waals surface area contributed by atoms with E-state index in [1.807, 2.05) is 29.1 Å². The summed E-state index contributed by atoms with van der Waals surface area (Å²) >= 11 is 0. The number of hydrogen-bond donors (Lipinski definition) is 0. The Kier molecular flexibility index (Phi) is 4.56. The number of rotatable bonds is 4. The molecular formula is C25H21N5. The zero-order chi connectivity index (χ0) is 20.5. The zero-order valence-electron chi connectivity index (χ0n) is 16.9. The van der Waals surface area contributed by atoms with E-state index in [1.54, 1.807) is 12.4 Å². The highest BCUT2D eigenvalue weighted by Gasteiger charge is 2.13. The largest absolute Gasteiger partial charge is 0.344 e. The molecule has 5 rings (SSSR count). The normalized spacial score (nSPS) is 11.1. The second kappa shape index (κ2) is 7.52. The molecule has 0 N–H and O–H groups in total. The van der Waals surface area contributed by atoms with Gasteiger partial charge < -0.3 is 4.57 Å². The minimum absolute atomic E-state index is 0.601. The highest BCUT2D eigenvalue weighted by molar-refractivity contribution is 5.71. The number of aromatic nitrogens is 5. The predicted octanol–water partition coefficient (Wildman–Crippen LogP) is 5.17. The third-order valence-corrected chi connectivity index (χ3v) is 5.35. The fourth-order valence-corrected chi connectivity index (χ4v) is 3.49. The molecule has 2 aromatic carbocycles. The van der Waals surface area contributed by atoms with Crippen LogP contribution in [-0.2, 0) is 6.54 Å². The maximum absolute atomic E-state index is 4.74. The van der Waals surface area contributed by atoms with Crippen LogP contribution in [0.15, 0.2) is 79.4 Å². The summed E-state index contributed by atoms with van der Waals surface area (Å²) in [6.07, 6.45) is 7.48. The van der Waals surface area contributed by atoms with Gasteiger partial charge in [0, 0.05) is 30.4 Å². The number of aryl methyl sites for hydroxylation is 2. The molecule has 5 heteroatoms. The van der Waals surface area contributed by atoms with E-state index in [4.69, 9.17) is 9.97 Å². The van der Waals surface area contributed by atoms with Gasteiger partial charge in [-0.2, -0.15) is 0 Å². The summed E-state index contributed by atoms with van der Waals surface area (Å²) in [7, 11) is 0. The summed E-state index contributed by atoms with van der Waals surface area (Å²) in [5.41, 5.74) is 7.78. The van der Waals surface area contributed by atoms with Gasteiger partial charge in [0.1, 0.15) is 11.5 Å². The second-order valence-corrected chi connectivity index (χ2v) is 7.48. The highest BCUT2D eigenvalue weighted by atomic mass is 15.0.